The van der Waals surface area contributed by atoms with Crippen LogP contribution in [-0.2, 0) is 10.0 Å². The number of sulfonamides is 1. The number of piperidine rings is 1. The van der Waals surface area contributed by atoms with Crippen LogP contribution < -0.4 is 10.6 Å². The summed E-state index contributed by atoms with van der Waals surface area (Å²) in [7, 11) is -3.57. The van der Waals surface area contributed by atoms with Crippen molar-refractivity contribution in [1.82, 2.24) is 14.9 Å². The molecule has 0 radical (unpaired) electrons. The molecule has 1 aromatic carbocycles. The molecule has 1 unspecified atom stereocenters. The van der Waals surface area contributed by atoms with E-state index in [4.69, 9.17) is 0 Å². The molecule has 1 aromatic rings. The van der Waals surface area contributed by atoms with Gasteiger partial charge in [0.25, 0.3) is 0 Å². The second-order valence-electron chi connectivity index (χ2n) is 6.94. The van der Waals surface area contributed by atoms with E-state index in [9.17, 15) is 21.6 Å². The summed E-state index contributed by atoms with van der Waals surface area (Å²) < 4.78 is 61.3. The number of benzene rings is 1. The van der Waals surface area contributed by atoms with Gasteiger partial charge in [-0.05, 0) is 30.2 Å². The van der Waals surface area contributed by atoms with Crippen molar-refractivity contribution in [3.63, 3.8) is 0 Å². The first-order chi connectivity index (χ1) is 13.1. The predicted octanol–water partition coefficient (Wildman–Crippen LogP) is 2.52. The number of nitrogens with one attached hydrogen (secondary N) is 2. The van der Waals surface area contributed by atoms with E-state index in [0.29, 0.717) is 36.2 Å². The molecular formula is C18H27F3N4O2S. The van der Waals surface area contributed by atoms with Crippen molar-refractivity contribution in [3.05, 3.63) is 35.9 Å². The van der Waals surface area contributed by atoms with Gasteiger partial charge in [0.2, 0.25) is 0 Å². The average Bonchev–Trinajstić information content (AvgIpc) is 2.68. The Morgan fingerprint density at radius 2 is 1.82 bits per heavy atom. The Balaban J connectivity index is 1.76. The molecular weight excluding hydrogens is 393 g/mol. The maximum atomic E-state index is 12.6. The SMILES string of the molecule is CN=C(NCC1CCN(S(=O)(=O)C(F)(F)F)CC1)NCC(C)c1ccccc1. The lowest BCUT2D eigenvalue weighted by molar-refractivity contribution is -0.0496. The van der Waals surface area contributed by atoms with Gasteiger partial charge in [0.05, 0.1) is 0 Å². The van der Waals surface area contributed by atoms with Gasteiger partial charge in [-0.2, -0.15) is 17.5 Å². The summed E-state index contributed by atoms with van der Waals surface area (Å²) in [5.41, 5.74) is -4.02. The smallest absolute Gasteiger partial charge is 0.356 e. The standard InChI is InChI=1S/C18H27F3N4O2S/c1-14(16-6-4-3-5-7-16)12-23-17(22-2)24-13-15-8-10-25(11-9-15)28(26,27)18(19,20)21/h3-7,14-15H,8-13H2,1-2H3,(H2,22,23,24). The van der Waals surface area contributed by atoms with E-state index < -0.39 is 15.5 Å². The molecule has 0 amide bonds. The van der Waals surface area contributed by atoms with Gasteiger partial charge in [0.1, 0.15) is 0 Å². The normalized spacial score (nSPS) is 18.7. The minimum absolute atomic E-state index is 0.0878. The van der Waals surface area contributed by atoms with Crippen LogP contribution in [0, 0.1) is 5.92 Å². The first kappa shape index (κ1) is 22.5. The van der Waals surface area contributed by atoms with E-state index in [2.05, 4.69) is 34.7 Å². The topological polar surface area (TPSA) is 73.8 Å². The molecule has 2 N–H and O–H groups in total. The van der Waals surface area contributed by atoms with Crippen molar-refractivity contribution < 1.29 is 21.6 Å². The van der Waals surface area contributed by atoms with Crippen LogP contribution in [0.5, 0.6) is 0 Å². The molecule has 1 fully saturated rings. The average molecular weight is 421 g/mol. The molecule has 158 valence electrons. The van der Waals surface area contributed by atoms with E-state index in [1.54, 1.807) is 7.05 Å². The van der Waals surface area contributed by atoms with E-state index in [1.807, 2.05) is 18.2 Å². The van der Waals surface area contributed by atoms with Gasteiger partial charge in [-0.25, -0.2) is 8.42 Å². The number of hydrogen-bond donors (Lipinski definition) is 2. The summed E-state index contributed by atoms with van der Waals surface area (Å²) in [6.45, 7) is 3.08. The molecule has 0 aliphatic carbocycles. The molecule has 0 spiro atoms. The zero-order chi connectivity index (χ0) is 20.8. The zero-order valence-corrected chi connectivity index (χ0v) is 16.9. The first-order valence-electron chi connectivity index (χ1n) is 9.21. The number of hydrogen-bond acceptors (Lipinski definition) is 3. The van der Waals surface area contributed by atoms with Gasteiger partial charge in [-0.3, -0.25) is 4.99 Å². The third-order valence-corrected chi connectivity index (χ3v) is 6.56. The summed E-state index contributed by atoms with van der Waals surface area (Å²) in [5.74, 6) is 0.994. The summed E-state index contributed by atoms with van der Waals surface area (Å²) >= 11 is 0. The van der Waals surface area contributed by atoms with Gasteiger partial charge in [0.15, 0.2) is 5.96 Å². The number of alkyl halides is 3. The fourth-order valence-corrected chi connectivity index (χ4v) is 4.10. The lowest BCUT2D eigenvalue weighted by Crippen LogP contribution is -2.47. The Bertz CT molecular complexity index is 746. The molecule has 0 bridgehead atoms. The number of nitrogens with zero attached hydrogens (tertiary/aromatic N) is 2. The van der Waals surface area contributed by atoms with Crippen molar-refractivity contribution in [2.75, 3.05) is 33.2 Å². The van der Waals surface area contributed by atoms with Crippen LogP contribution in [-0.4, -0.2) is 57.4 Å². The maximum absolute atomic E-state index is 12.6. The van der Waals surface area contributed by atoms with Gasteiger partial charge in [-0.15, -0.1) is 0 Å². The molecule has 28 heavy (non-hydrogen) atoms. The Labute approximate surface area is 164 Å². The molecule has 0 aromatic heterocycles. The van der Waals surface area contributed by atoms with Gasteiger partial charge < -0.3 is 10.6 Å². The quantitative estimate of drug-likeness (QED) is 0.548. The van der Waals surface area contributed by atoms with Crippen molar-refractivity contribution in [3.8, 4) is 0 Å². The molecule has 1 atom stereocenters. The van der Waals surface area contributed by atoms with Crippen molar-refractivity contribution in [2.45, 2.75) is 31.2 Å². The zero-order valence-electron chi connectivity index (χ0n) is 16.0. The maximum Gasteiger partial charge on any atom is 0.511 e. The van der Waals surface area contributed by atoms with Crippen molar-refractivity contribution in [2.24, 2.45) is 10.9 Å². The van der Waals surface area contributed by atoms with E-state index in [-0.39, 0.29) is 24.9 Å². The highest BCUT2D eigenvalue weighted by molar-refractivity contribution is 7.90. The number of guanidine groups is 1. The van der Waals surface area contributed by atoms with Crippen molar-refractivity contribution in [1.29, 1.82) is 0 Å². The lowest BCUT2D eigenvalue weighted by atomic mass is 9.98. The summed E-state index contributed by atoms with van der Waals surface area (Å²) in [5, 5.41) is 6.42. The van der Waals surface area contributed by atoms with Crippen LogP contribution in [0.2, 0.25) is 0 Å². The van der Waals surface area contributed by atoms with Gasteiger partial charge >= 0.3 is 15.5 Å². The highest BCUT2D eigenvalue weighted by Crippen LogP contribution is 2.30. The second kappa shape index (κ2) is 9.60. The fraction of sp³-hybridized carbons (Fsp3) is 0.611. The monoisotopic (exact) mass is 420 g/mol. The van der Waals surface area contributed by atoms with Crippen LogP contribution in [0.1, 0.15) is 31.2 Å². The molecule has 1 saturated heterocycles. The van der Waals surface area contributed by atoms with Crippen LogP contribution >= 0.6 is 0 Å². The molecule has 1 aliphatic heterocycles. The third kappa shape index (κ3) is 5.84. The van der Waals surface area contributed by atoms with E-state index in [1.165, 1.54) is 5.56 Å². The summed E-state index contributed by atoms with van der Waals surface area (Å²) in [6, 6.07) is 10.1. The Kier molecular flexibility index (Phi) is 7.70. The van der Waals surface area contributed by atoms with Crippen LogP contribution in [0.3, 0.4) is 0 Å². The first-order valence-corrected chi connectivity index (χ1v) is 10.6. The van der Waals surface area contributed by atoms with Crippen LogP contribution in [0.25, 0.3) is 0 Å². The highest BCUT2D eigenvalue weighted by Gasteiger charge is 2.50. The van der Waals surface area contributed by atoms with E-state index >= 15 is 0 Å². The van der Waals surface area contributed by atoms with Crippen LogP contribution in [0.4, 0.5) is 13.2 Å². The molecule has 10 heteroatoms. The Hall–Kier alpha value is -1.81. The molecule has 2 rings (SSSR count). The minimum atomic E-state index is -5.24. The minimum Gasteiger partial charge on any atom is -0.356 e. The molecule has 1 aliphatic rings. The molecule has 1 heterocycles. The second-order valence-corrected chi connectivity index (χ2v) is 8.87. The molecule has 6 nitrogen and oxygen atoms in total. The van der Waals surface area contributed by atoms with Gasteiger partial charge in [0, 0.05) is 33.2 Å². The number of rotatable bonds is 6. The fourth-order valence-electron chi connectivity index (χ4n) is 3.11. The van der Waals surface area contributed by atoms with Crippen LogP contribution in [0.15, 0.2) is 35.3 Å². The Morgan fingerprint density at radius 3 is 2.36 bits per heavy atom. The van der Waals surface area contributed by atoms with E-state index in [0.717, 1.165) is 0 Å². The molecule has 0 saturated carbocycles. The summed E-state index contributed by atoms with van der Waals surface area (Å²) in [4.78, 5) is 4.16. The predicted molar refractivity (Wildman–Crippen MR) is 103 cm³/mol. The summed E-state index contributed by atoms with van der Waals surface area (Å²) in [6.07, 6.45) is 0.749. The van der Waals surface area contributed by atoms with Gasteiger partial charge in [-0.1, -0.05) is 37.3 Å². The largest absolute Gasteiger partial charge is 0.511 e. The number of halogens is 3. The van der Waals surface area contributed by atoms with Crippen molar-refractivity contribution >= 4 is 16.0 Å². The number of aliphatic imine (C=N–C) groups is 1. The lowest BCUT2D eigenvalue weighted by Gasteiger charge is -2.31. The third-order valence-electron chi connectivity index (χ3n) is 4.93. The Morgan fingerprint density at radius 1 is 1.21 bits per heavy atom. The highest BCUT2D eigenvalue weighted by atomic mass is 32.2.